The van der Waals surface area contributed by atoms with Gasteiger partial charge < -0.3 is 4.57 Å². The average molecular weight is 356 g/mol. The molecule has 1 aromatic carbocycles. The lowest BCUT2D eigenvalue weighted by Gasteiger charge is -2.21. The summed E-state index contributed by atoms with van der Waals surface area (Å²) in [6.07, 6.45) is 11.6. The molecule has 134 valence electrons. The monoisotopic (exact) mass is 356 g/mol. The molecule has 0 bridgehead atoms. The molecule has 1 aliphatic heterocycles. The minimum absolute atomic E-state index is 0.0427. The highest BCUT2D eigenvalue weighted by molar-refractivity contribution is 6.30. The first kappa shape index (κ1) is 15.3. The first-order chi connectivity index (χ1) is 13.3. The number of pyridine rings is 1. The molecule has 3 aromatic rings. The number of ketones is 1. The number of benzene rings is 1. The van der Waals surface area contributed by atoms with Crippen molar-refractivity contribution in [3.05, 3.63) is 60.3 Å². The summed E-state index contributed by atoms with van der Waals surface area (Å²) in [6, 6.07) is 10.5. The molecule has 4 nitrogen and oxygen atoms in total. The predicted octanol–water partition coefficient (Wildman–Crippen LogP) is 3.64. The first-order valence-electron chi connectivity index (χ1n) is 10.0. The van der Waals surface area contributed by atoms with Gasteiger partial charge in [-0.2, -0.15) is 4.57 Å². The molecular formula is C23H22N3O+. The Hall–Kier alpha value is -2.75. The van der Waals surface area contributed by atoms with Crippen LogP contribution >= 0.6 is 0 Å². The number of allylic oxidation sites excluding steroid dienone is 2. The van der Waals surface area contributed by atoms with Crippen LogP contribution in [-0.2, 0) is 17.8 Å². The SMILES string of the molecule is O=C1C2=C(CC[C@@H]1Cn1ccnc1CC1CC1)[n+]1cccc3cccc2c31. The van der Waals surface area contributed by atoms with Gasteiger partial charge in [0.15, 0.2) is 17.7 Å². The Labute approximate surface area is 158 Å². The van der Waals surface area contributed by atoms with E-state index in [1.807, 2.05) is 12.4 Å². The highest BCUT2D eigenvalue weighted by atomic mass is 16.1. The fourth-order valence-corrected chi connectivity index (χ4v) is 4.83. The topological polar surface area (TPSA) is 38.8 Å². The van der Waals surface area contributed by atoms with Crippen molar-refractivity contribution in [2.24, 2.45) is 11.8 Å². The molecule has 1 fully saturated rings. The van der Waals surface area contributed by atoms with Crippen molar-refractivity contribution < 1.29 is 9.36 Å². The molecule has 3 heterocycles. The third-order valence-corrected chi connectivity index (χ3v) is 6.40. The lowest BCUT2D eigenvalue weighted by Crippen LogP contribution is -2.34. The molecule has 0 amide bonds. The van der Waals surface area contributed by atoms with E-state index in [0.29, 0.717) is 5.78 Å². The summed E-state index contributed by atoms with van der Waals surface area (Å²) < 4.78 is 4.46. The minimum Gasteiger partial charge on any atom is -0.334 e. The van der Waals surface area contributed by atoms with E-state index in [9.17, 15) is 4.79 Å². The van der Waals surface area contributed by atoms with Gasteiger partial charge in [0.05, 0.1) is 11.1 Å². The smallest absolute Gasteiger partial charge is 0.226 e. The van der Waals surface area contributed by atoms with E-state index in [4.69, 9.17) is 0 Å². The molecule has 0 N–H and O–H groups in total. The van der Waals surface area contributed by atoms with Gasteiger partial charge in [0.1, 0.15) is 5.82 Å². The highest BCUT2D eigenvalue weighted by Crippen LogP contribution is 2.40. The number of nitrogens with zero attached hydrogens (tertiary/aromatic N) is 3. The number of Topliss-reactive ketones (excluding diaryl/α,β-unsaturated/α-hetero) is 1. The van der Waals surface area contributed by atoms with Crippen LogP contribution in [0.3, 0.4) is 0 Å². The lowest BCUT2D eigenvalue weighted by molar-refractivity contribution is -0.551. The van der Waals surface area contributed by atoms with Gasteiger partial charge in [0, 0.05) is 49.2 Å². The van der Waals surface area contributed by atoms with Crippen molar-refractivity contribution in [3.63, 3.8) is 0 Å². The van der Waals surface area contributed by atoms with Gasteiger partial charge in [-0.25, -0.2) is 4.98 Å². The molecule has 0 radical (unpaired) electrons. The maximum atomic E-state index is 13.5. The number of para-hydroxylation sites is 1. The van der Waals surface area contributed by atoms with Gasteiger partial charge in [-0.1, -0.05) is 6.07 Å². The Balaban J connectivity index is 1.35. The zero-order chi connectivity index (χ0) is 18.0. The van der Waals surface area contributed by atoms with Crippen LogP contribution in [0.2, 0.25) is 0 Å². The van der Waals surface area contributed by atoms with Crippen molar-refractivity contribution in [1.29, 1.82) is 0 Å². The van der Waals surface area contributed by atoms with Crippen LogP contribution in [0.15, 0.2) is 48.9 Å². The second-order valence-corrected chi connectivity index (χ2v) is 8.19. The molecule has 1 saturated carbocycles. The van der Waals surface area contributed by atoms with Crippen LogP contribution < -0.4 is 4.57 Å². The summed E-state index contributed by atoms with van der Waals surface area (Å²) in [6.45, 7) is 0.759. The lowest BCUT2D eigenvalue weighted by atomic mass is 9.83. The number of carbonyl (C=O) groups excluding carboxylic acids is 1. The molecule has 1 atom stereocenters. The Morgan fingerprint density at radius 2 is 2.04 bits per heavy atom. The molecule has 3 aliphatic rings. The maximum Gasteiger partial charge on any atom is 0.226 e. The quantitative estimate of drug-likeness (QED) is 0.670. The zero-order valence-corrected chi connectivity index (χ0v) is 15.3. The molecule has 0 spiro atoms. The largest absolute Gasteiger partial charge is 0.334 e. The highest BCUT2D eigenvalue weighted by Gasteiger charge is 2.42. The summed E-state index contributed by atoms with van der Waals surface area (Å²) in [4.78, 5) is 18.0. The van der Waals surface area contributed by atoms with E-state index in [0.717, 1.165) is 48.7 Å². The third kappa shape index (κ3) is 2.32. The van der Waals surface area contributed by atoms with Crippen LogP contribution in [0.1, 0.15) is 37.1 Å². The summed E-state index contributed by atoms with van der Waals surface area (Å²) in [5.74, 6) is 2.30. The molecule has 2 aromatic heterocycles. The minimum atomic E-state index is 0.0427. The summed E-state index contributed by atoms with van der Waals surface area (Å²) >= 11 is 0. The number of hydrogen-bond donors (Lipinski definition) is 0. The number of hydrogen-bond acceptors (Lipinski definition) is 2. The van der Waals surface area contributed by atoms with E-state index >= 15 is 0 Å². The van der Waals surface area contributed by atoms with Gasteiger partial charge in [-0.15, -0.1) is 0 Å². The summed E-state index contributed by atoms with van der Waals surface area (Å²) in [5.41, 5.74) is 4.44. The summed E-state index contributed by atoms with van der Waals surface area (Å²) in [5, 5.41) is 1.20. The van der Waals surface area contributed by atoms with Gasteiger partial charge in [0.2, 0.25) is 5.52 Å². The van der Waals surface area contributed by atoms with Crippen LogP contribution in [-0.4, -0.2) is 15.3 Å². The second kappa shape index (κ2) is 5.62. The van der Waals surface area contributed by atoms with Crippen molar-refractivity contribution >= 4 is 28.0 Å². The molecule has 6 rings (SSSR count). The summed E-state index contributed by atoms with van der Waals surface area (Å²) in [7, 11) is 0. The molecular weight excluding hydrogens is 334 g/mol. The van der Waals surface area contributed by atoms with Crippen molar-refractivity contribution in [2.45, 2.75) is 38.6 Å². The van der Waals surface area contributed by atoms with Gasteiger partial charge in [-0.3, -0.25) is 4.79 Å². The van der Waals surface area contributed by atoms with E-state index in [1.165, 1.54) is 29.4 Å². The average Bonchev–Trinajstić information content (AvgIpc) is 3.30. The maximum absolute atomic E-state index is 13.5. The standard InChI is InChI=1S/C23H22N3O/c27-23-17(14-25-12-10-24-20(25)13-15-6-7-15)8-9-19-21(23)18-5-1-3-16-4-2-11-26(19)22(16)18/h1-5,10-12,15,17H,6-9,13-14H2/q+1/t17-/m1/s1. The zero-order valence-electron chi connectivity index (χ0n) is 15.3. The fraction of sp³-hybridized carbons (Fsp3) is 0.348. The predicted molar refractivity (Wildman–Crippen MR) is 104 cm³/mol. The van der Waals surface area contributed by atoms with Crippen LogP contribution in [0.4, 0.5) is 0 Å². The number of imidazole rings is 1. The van der Waals surface area contributed by atoms with Crippen molar-refractivity contribution in [3.8, 4) is 0 Å². The number of aromatic nitrogens is 3. The fourth-order valence-electron chi connectivity index (χ4n) is 4.83. The Morgan fingerprint density at radius 1 is 1.15 bits per heavy atom. The third-order valence-electron chi connectivity index (χ3n) is 6.40. The van der Waals surface area contributed by atoms with Crippen LogP contribution in [0.5, 0.6) is 0 Å². The van der Waals surface area contributed by atoms with Gasteiger partial charge >= 0.3 is 0 Å². The van der Waals surface area contributed by atoms with E-state index in [-0.39, 0.29) is 5.92 Å². The second-order valence-electron chi connectivity index (χ2n) is 8.19. The van der Waals surface area contributed by atoms with Crippen molar-refractivity contribution in [1.82, 2.24) is 9.55 Å². The van der Waals surface area contributed by atoms with E-state index in [2.05, 4.69) is 50.6 Å². The van der Waals surface area contributed by atoms with Crippen LogP contribution in [0.25, 0.3) is 22.2 Å². The molecule has 4 heteroatoms. The number of fused-ring (bicyclic) bond motifs is 2. The van der Waals surface area contributed by atoms with Gasteiger partial charge in [0.25, 0.3) is 0 Å². The van der Waals surface area contributed by atoms with Crippen molar-refractivity contribution in [2.75, 3.05) is 0 Å². The number of rotatable bonds is 4. The Morgan fingerprint density at radius 3 is 2.93 bits per heavy atom. The molecule has 2 aliphatic carbocycles. The first-order valence-corrected chi connectivity index (χ1v) is 10.0. The van der Waals surface area contributed by atoms with Crippen LogP contribution in [0, 0.1) is 11.8 Å². The molecule has 27 heavy (non-hydrogen) atoms. The Bertz CT molecular complexity index is 1110. The Kier molecular flexibility index (Phi) is 3.19. The van der Waals surface area contributed by atoms with E-state index in [1.54, 1.807) is 0 Å². The van der Waals surface area contributed by atoms with Gasteiger partial charge in [-0.05, 0) is 43.4 Å². The normalized spacial score (nSPS) is 21.2. The molecule has 0 saturated heterocycles. The number of carbonyl (C=O) groups is 1. The molecule has 0 unspecified atom stereocenters. The van der Waals surface area contributed by atoms with E-state index < -0.39 is 0 Å².